The number of anilines is 1. The Labute approximate surface area is 218 Å². The first-order chi connectivity index (χ1) is 17.7. The van der Waals surface area contributed by atoms with E-state index in [0.29, 0.717) is 47.1 Å². The Morgan fingerprint density at radius 2 is 1.78 bits per heavy atom. The first-order valence-electron chi connectivity index (χ1n) is 11.9. The standard InChI is InChI=1S/C26H26ClN7O3/c1-26(2,3)37-25(36)32-15-12-19(16-32)33(22-20(27)6-4-13-28-22)24(35)17-8-10-18(11-9-17)34-23-21(30-31-34)7-5-14-29-23/h4-11,13-14,19H,12,15-16H2,1-3H3/t19-/m1/s1. The van der Waals surface area contributed by atoms with Crippen molar-refractivity contribution in [1.82, 2.24) is 29.9 Å². The third kappa shape index (κ3) is 5.10. The van der Waals surface area contributed by atoms with E-state index in [9.17, 15) is 9.59 Å². The van der Waals surface area contributed by atoms with Gasteiger partial charge in [0.05, 0.1) is 16.8 Å². The molecule has 0 aliphatic carbocycles. The van der Waals surface area contributed by atoms with Gasteiger partial charge in [-0.1, -0.05) is 16.8 Å². The van der Waals surface area contributed by atoms with Gasteiger partial charge in [-0.15, -0.1) is 5.10 Å². The number of hydrogen-bond donors (Lipinski definition) is 0. The third-order valence-electron chi connectivity index (χ3n) is 5.93. The largest absolute Gasteiger partial charge is 0.444 e. The molecule has 10 nitrogen and oxygen atoms in total. The van der Waals surface area contributed by atoms with Crippen LogP contribution >= 0.6 is 11.6 Å². The van der Waals surface area contributed by atoms with Crippen LogP contribution in [0.25, 0.3) is 16.9 Å². The zero-order valence-corrected chi connectivity index (χ0v) is 21.5. The van der Waals surface area contributed by atoms with Gasteiger partial charge >= 0.3 is 6.09 Å². The summed E-state index contributed by atoms with van der Waals surface area (Å²) in [4.78, 5) is 38.4. The number of amides is 2. The molecule has 11 heteroatoms. The SMILES string of the molecule is CC(C)(C)OC(=O)N1CC[C@@H](N(C(=O)c2ccc(-n3nnc4cccnc43)cc2)c2ncccc2Cl)C1. The van der Waals surface area contributed by atoms with E-state index in [1.807, 2.05) is 26.8 Å². The van der Waals surface area contributed by atoms with E-state index in [0.717, 1.165) is 5.69 Å². The maximum Gasteiger partial charge on any atom is 0.410 e. The molecule has 1 aliphatic heterocycles. The number of rotatable bonds is 4. The minimum atomic E-state index is -0.609. The second kappa shape index (κ2) is 9.78. The number of halogens is 1. The van der Waals surface area contributed by atoms with Crippen LogP contribution in [0.5, 0.6) is 0 Å². The Kier molecular flexibility index (Phi) is 6.51. The van der Waals surface area contributed by atoms with Crippen molar-refractivity contribution < 1.29 is 14.3 Å². The Bertz CT molecular complexity index is 1450. The number of hydrogen-bond acceptors (Lipinski definition) is 7. The van der Waals surface area contributed by atoms with Gasteiger partial charge in [0, 0.05) is 31.0 Å². The van der Waals surface area contributed by atoms with Crippen LogP contribution in [0.15, 0.2) is 60.9 Å². The lowest BCUT2D eigenvalue weighted by Crippen LogP contribution is -2.44. The molecule has 190 valence electrons. The lowest BCUT2D eigenvalue weighted by Gasteiger charge is -2.29. The first-order valence-corrected chi connectivity index (χ1v) is 12.3. The van der Waals surface area contributed by atoms with Gasteiger partial charge in [0.15, 0.2) is 11.5 Å². The molecular formula is C26H26ClN7O3. The molecule has 0 unspecified atom stereocenters. The Hall–Kier alpha value is -4.05. The van der Waals surface area contributed by atoms with Crippen LogP contribution in [0, 0.1) is 0 Å². The van der Waals surface area contributed by atoms with Crippen molar-refractivity contribution in [1.29, 1.82) is 0 Å². The molecule has 1 aliphatic rings. The van der Waals surface area contributed by atoms with Gasteiger partial charge in [-0.05, 0) is 75.7 Å². The number of aromatic nitrogens is 5. The molecule has 1 atom stereocenters. The van der Waals surface area contributed by atoms with Crippen LogP contribution < -0.4 is 4.90 Å². The summed E-state index contributed by atoms with van der Waals surface area (Å²) < 4.78 is 7.14. The Balaban J connectivity index is 1.43. The van der Waals surface area contributed by atoms with Gasteiger partial charge in [0.2, 0.25) is 0 Å². The highest BCUT2D eigenvalue weighted by molar-refractivity contribution is 6.33. The molecule has 0 bridgehead atoms. The number of carbonyl (C=O) groups excluding carboxylic acids is 2. The van der Waals surface area contributed by atoms with Gasteiger partial charge in [-0.3, -0.25) is 9.69 Å². The molecule has 3 aromatic heterocycles. The van der Waals surface area contributed by atoms with Gasteiger partial charge in [0.1, 0.15) is 11.1 Å². The van der Waals surface area contributed by atoms with Crippen molar-refractivity contribution in [2.75, 3.05) is 18.0 Å². The Morgan fingerprint density at radius 1 is 1.05 bits per heavy atom. The highest BCUT2D eigenvalue weighted by Crippen LogP contribution is 2.30. The molecule has 2 amide bonds. The van der Waals surface area contributed by atoms with Gasteiger partial charge < -0.3 is 9.64 Å². The van der Waals surface area contributed by atoms with Gasteiger partial charge in [-0.2, -0.15) is 4.68 Å². The summed E-state index contributed by atoms with van der Waals surface area (Å²) in [6.07, 6.45) is 3.42. The molecule has 0 saturated carbocycles. The average Bonchev–Trinajstić information content (AvgIpc) is 3.52. The van der Waals surface area contributed by atoms with Crippen molar-refractivity contribution in [3.63, 3.8) is 0 Å². The van der Waals surface area contributed by atoms with Crippen molar-refractivity contribution in [3.8, 4) is 5.69 Å². The molecule has 1 aromatic carbocycles. The third-order valence-corrected chi connectivity index (χ3v) is 6.23. The lowest BCUT2D eigenvalue weighted by atomic mass is 10.1. The number of pyridine rings is 2. The van der Waals surface area contributed by atoms with Crippen LogP contribution in [0.4, 0.5) is 10.6 Å². The maximum atomic E-state index is 13.8. The number of likely N-dealkylation sites (tertiary alicyclic amines) is 1. The monoisotopic (exact) mass is 519 g/mol. The number of benzene rings is 1. The number of ether oxygens (including phenoxy) is 1. The normalized spacial score (nSPS) is 15.7. The zero-order chi connectivity index (χ0) is 26.2. The van der Waals surface area contributed by atoms with Crippen LogP contribution in [-0.4, -0.2) is 66.6 Å². The van der Waals surface area contributed by atoms with E-state index in [1.165, 1.54) is 0 Å². The van der Waals surface area contributed by atoms with Crippen molar-refractivity contribution in [2.24, 2.45) is 0 Å². The van der Waals surface area contributed by atoms with Crippen LogP contribution in [0.2, 0.25) is 5.02 Å². The summed E-state index contributed by atoms with van der Waals surface area (Å²) in [6, 6.07) is 13.7. The predicted molar refractivity (Wildman–Crippen MR) is 139 cm³/mol. The highest BCUT2D eigenvalue weighted by atomic mass is 35.5. The molecule has 37 heavy (non-hydrogen) atoms. The van der Waals surface area contributed by atoms with Crippen molar-refractivity contribution >= 4 is 40.6 Å². The fourth-order valence-corrected chi connectivity index (χ4v) is 4.47. The van der Waals surface area contributed by atoms with E-state index in [1.54, 1.807) is 69.3 Å². The number of carbonyl (C=O) groups is 2. The summed E-state index contributed by atoms with van der Waals surface area (Å²) in [5.41, 5.74) is 1.85. The Morgan fingerprint density at radius 3 is 2.51 bits per heavy atom. The van der Waals surface area contributed by atoms with Crippen LogP contribution in [-0.2, 0) is 4.74 Å². The summed E-state index contributed by atoms with van der Waals surface area (Å²) in [5.74, 6) is 0.0746. The quantitative estimate of drug-likeness (QED) is 0.390. The molecule has 0 N–H and O–H groups in total. The second-order valence-corrected chi connectivity index (χ2v) is 10.2. The highest BCUT2D eigenvalue weighted by Gasteiger charge is 2.37. The van der Waals surface area contributed by atoms with E-state index in [-0.39, 0.29) is 11.9 Å². The van der Waals surface area contributed by atoms with Crippen molar-refractivity contribution in [2.45, 2.75) is 38.8 Å². The summed E-state index contributed by atoms with van der Waals surface area (Å²) in [7, 11) is 0. The van der Waals surface area contributed by atoms with E-state index in [2.05, 4.69) is 20.3 Å². The minimum absolute atomic E-state index is 0.273. The lowest BCUT2D eigenvalue weighted by molar-refractivity contribution is 0.0291. The van der Waals surface area contributed by atoms with Crippen LogP contribution in [0.1, 0.15) is 37.6 Å². The van der Waals surface area contributed by atoms with Crippen LogP contribution in [0.3, 0.4) is 0 Å². The molecule has 4 heterocycles. The molecule has 0 radical (unpaired) electrons. The molecule has 1 saturated heterocycles. The smallest absolute Gasteiger partial charge is 0.410 e. The first kappa shape index (κ1) is 24.6. The summed E-state index contributed by atoms with van der Waals surface area (Å²) in [5, 5.41) is 8.67. The summed E-state index contributed by atoms with van der Waals surface area (Å²) in [6.45, 7) is 6.23. The minimum Gasteiger partial charge on any atom is -0.444 e. The second-order valence-electron chi connectivity index (χ2n) is 9.75. The molecule has 5 rings (SSSR count). The molecule has 4 aromatic rings. The van der Waals surface area contributed by atoms with E-state index >= 15 is 0 Å². The molecule has 0 spiro atoms. The predicted octanol–water partition coefficient (Wildman–Crippen LogP) is 4.52. The molecule has 1 fully saturated rings. The van der Waals surface area contributed by atoms with E-state index < -0.39 is 11.7 Å². The van der Waals surface area contributed by atoms with E-state index in [4.69, 9.17) is 16.3 Å². The average molecular weight is 520 g/mol. The number of nitrogens with zero attached hydrogens (tertiary/aromatic N) is 7. The van der Waals surface area contributed by atoms with Gasteiger partial charge in [-0.25, -0.2) is 14.8 Å². The zero-order valence-electron chi connectivity index (χ0n) is 20.7. The fraction of sp³-hybridized carbons (Fsp3) is 0.308. The number of fused-ring (bicyclic) bond motifs is 1. The topological polar surface area (TPSA) is 106 Å². The molecular weight excluding hydrogens is 494 g/mol. The maximum absolute atomic E-state index is 13.8. The fourth-order valence-electron chi connectivity index (χ4n) is 4.26. The van der Waals surface area contributed by atoms with Gasteiger partial charge in [0.25, 0.3) is 5.91 Å². The van der Waals surface area contributed by atoms with Crippen molar-refractivity contribution in [3.05, 3.63) is 71.5 Å². The summed E-state index contributed by atoms with van der Waals surface area (Å²) >= 11 is 6.48.